The number of anilines is 1. The molecule has 1 aliphatic heterocycles. The van der Waals surface area contributed by atoms with E-state index in [4.69, 9.17) is 5.73 Å². The van der Waals surface area contributed by atoms with E-state index >= 15 is 0 Å². The molecular weight excluding hydrogens is 246 g/mol. The van der Waals surface area contributed by atoms with Crippen LogP contribution in [0.2, 0.25) is 0 Å². The van der Waals surface area contributed by atoms with Crippen LogP contribution in [0, 0.1) is 0 Å². The molecule has 1 aromatic heterocycles. The highest BCUT2D eigenvalue weighted by Gasteiger charge is 2.19. The van der Waals surface area contributed by atoms with Gasteiger partial charge in [-0.3, -0.25) is 14.7 Å². The third kappa shape index (κ3) is 3.62. The third-order valence-corrected chi connectivity index (χ3v) is 3.09. The first-order valence-corrected chi connectivity index (χ1v) is 6.33. The van der Waals surface area contributed by atoms with Crippen molar-refractivity contribution in [2.24, 2.45) is 5.73 Å². The summed E-state index contributed by atoms with van der Waals surface area (Å²) in [7, 11) is 0. The molecule has 1 atom stereocenters. The fourth-order valence-corrected chi connectivity index (χ4v) is 2.16. The molecule has 2 rings (SSSR count). The monoisotopic (exact) mass is 265 g/mol. The number of rotatable bonds is 4. The number of piperazine rings is 1. The number of amides is 1. The molecule has 0 bridgehead atoms. The minimum Gasteiger partial charge on any atom is -0.392 e. The molecule has 1 aliphatic rings. The minimum atomic E-state index is -0.568. The molecule has 104 valence electrons. The van der Waals surface area contributed by atoms with E-state index in [-0.39, 0.29) is 11.8 Å². The first kappa shape index (κ1) is 13.7. The van der Waals surface area contributed by atoms with Crippen LogP contribution >= 0.6 is 0 Å². The van der Waals surface area contributed by atoms with Crippen molar-refractivity contribution in [2.45, 2.75) is 13.0 Å². The summed E-state index contributed by atoms with van der Waals surface area (Å²) in [5.74, 6) is 0.107. The number of nitrogens with two attached hydrogens (primary N) is 1. The van der Waals surface area contributed by atoms with Gasteiger partial charge in [0.15, 0.2) is 0 Å². The molecule has 0 aliphatic carbocycles. The normalized spacial score (nSPS) is 18.3. The van der Waals surface area contributed by atoms with Crippen molar-refractivity contribution in [2.75, 3.05) is 37.6 Å². The molecule has 1 fully saturated rings. The predicted octanol–water partition coefficient (Wildman–Crippen LogP) is -0.922. The van der Waals surface area contributed by atoms with Gasteiger partial charge < -0.3 is 15.7 Å². The molecule has 7 nitrogen and oxygen atoms in total. The van der Waals surface area contributed by atoms with Gasteiger partial charge in [-0.15, -0.1) is 0 Å². The minimum absolute atomic E-state index is 0.184. The Morgan fingerprint density at radius 3 is 2.68 bits per heavy atom. The highest BCUT2D eigenvalue weighted by molar-refractivity contribution is 5.90. The third-order valence-electron chi connectivity index (χ3n) is 3.09. The second-order valence-corrected chi connectivity index (χ2v) is 4.76. The van der Waals surface area contributed by atoms with E-state index in [1.807, 2.05) is 0 Å². The van der Waals surface area contributed by atoms with E-state index in [1.165, 1.54) is 6.20 Å². The van der Waals surface area contributed by atoms with E-state index in [0.29, 0.717) is 12.4 Å². The Kier molecular flexibility index (Phi) is 4.28. The van der Waals surface area contributed by atoms with E-state index in [0.717, 1.165) is 26.2 Å². The van der Waals surface area contributed by atoms with Crippen LogP contribution in [0.5, 0.6) is 0 Å². The van der Waals surface area contributed by atoms with Crippen LogP contribution in [-0.2, 0) is 0 Å². The molecular formula is C12H19N5O2. The Hall–Kier alpha value is -1.73. The van der Waals surface area contributed by atoms with E-state index in [9.17, 15) is 9.90 Å². The zero-order chi connectivity index (χ0) is 13.8. The summed E-state index contributed by atoms with van der Waals surface area (Å²) in [5, 5.41) is 9.36. The van der Waals surface area contributed by atoms with Crippen LogP contribution in [0.25, 0.3) is 0 Å². The zero-order valence-electron chi connectivity index (χ0n) is 11.0. The lowest BCUT2D eigenvalue weighted by molar-refractivity contribution is 0.0995. The largest absolute Gasteiger partial charge is 0.392 e. The summed E-state index contributed by atoms with van der Waals surface area (Å²) < 4.78 is 0. The molecule has 2 heterocycles. The standard InChI is InChI=1S/C12H19N5O2/c1-9(18)8-16-2-4-17(5-3-16)11-7-14-6-10(15-11)12(13)19/h6-7,9,18H,2-5,8H2,1H3,(H2,13,19)/t9-/m1/s1. The molecule has 1 amide bonds. The summed E-state index contributed by atoms with van der Waals surface area (Å²) in [4.78, 5) is 23.5. The van der Waals surface area contributed by atoms with Gasteiger partial charge in [-0.25, -0.2) is 4.98 Å². The highest BCUT2D eigenvalue weighted by Crippen LogP contribution is 2.13. The second kappa shape index (κ2) is 5.94. The second-order valence-electron chi connectivity index (χ2n) is 4.76. The van der Waals surface area contributed by atoms with Crippen molar-refractivity contribution < 1.29 is 9.90 Å². The lowest BCUT2D eigenvalue weighted by Gasteiger charge is -2.35. The molecule has 3 N–H and O–H groups in total. The molecule has 0 aromatic carbocycles. The number of nitrogens with zero attached hydrogens (tertiary/aromatic N) is 4. The Bertz CT molecular complexity index is 444. The van der Waals surface area contributed by atoms with Crippen LogP contribution in [0.3, 0.4) is 0 Å². The van der Waals surface area contributed by atoms with Crippen LogP contribution < -0.4 is 10.6 Å². The lowest BCUT2D eigenvalue weighted by atomic mass is 10.3. The quantitative estimate of drug-likeness (QED) is 0.731. The molecule has 0 radical (unpaired) electrons. The fourth-order valence-electron chi connectivity index (χ4n) is 2.16. The molecule has 19 heavy (non-hydrogen) atoms. The van der Waals surface area contributed by atoms with Gasteiger partial charge in [-0.2, -0.15) is 0 Å². The summed E-state index contributed by atoms with van der Waals surface area (Å²) in [6.07, 6.45) is 2.69. The smallest absolute Gasteiger partial charge is 0.268 e. The van der Waals surface area contributed by atoms with Crippen LogP contribution in [0.4, 0.5) is 5.82 Å². The summed E-state index contributed by atoms with van der Waals surface area (Å²) >= 11 is 0. The Balaban J connectivity index is 1.97. The number of aliphatic hydroxyl groups is 1. The van der Waals surface area contributed by atoms with Crippen molar-refractivity contribution in [3.8, 4) is 0 Å². The van der Waals surface area contributed by atoms with Crippen LogP contribution in [-0.4, -0.2) is 64.7 Å². The van der Waals surface area contributed by atoms with Gasteiger partial charge in [0.2, 0.25) is 0 Å². The van der Waals surface area contributed by atoms with Gasteiger partial charge in [0, 0.05) is 32.7 Å². The summed E-state index contributed by atoms with van der Waals surface area (Å²) in [5.41, 5.74) is 5.38. The molecule has 1 saturated heterocycles. The van der Waals surface area contributed by atoms with Crippen molar-refractivity contribution >= 4 is 11.7 Å². The number of β-amino-alcohol motifs (C(OH)–C–C–N with tert-alkyl or cyclic N) is 1. The van der Waals surface area contributed by atoms with Gasteiger partial charge >= 0.3 is 0 Å². The molecule has 1 aromatic rings. The van der Waals surface area contributed by atoms with Gasteiger partial charge in [0.25, 0.3) is 5.91 Å². The first-order chi connectivity index (χ1) is 9.06. The van der Waals surface area contributed by atoms with Crippen LogP contribution in [0.1, 0.15) is 17.4 Å². The first-order valence-electron chi connectivity index (χ1n) is 6.33. The van der Waals surface area contributed by atoms with Crippen molar-refractivity contribution in [1.82, 2.24) is 14.9 Å². The number of primary amides is 1. The zero-order valence-corrected chi connectivity index (χ0v) is 11.0. The van der Waals surface area contributed by atoms with Gasteiger partial charge in [-0.05, 0) is 6.92 Å². The number of aromatic nitrogens is 2. The number of carbonyl (C=O) groups excluding carboxylic acids is 1. The molecule has 0 saturated carbocycles. The SMILES string of the molecule is C[C@@H](O)CN1CCN(c2cncc(C(N)=O)n2)CC1. The van der Waals surface area contributed by atoms with Gasteiger partial charge in [0.05, 0.1) is 18.5 Å². The Morgan fingerprint density at radius 1 is 1.42 bits per heavy atom. The number of carbonyl (C=O) groups is 1. The summed E-state index contributed by atoms with van der Waals surface area (Å²) in [6.45, 7) is 5.77. The fraction of sp³-hybridized carbons (Fsp3) is 0.583. The average Bonchev–Trinajstić information content (AvgIpc) is 2.39. The molecule has 0 spiro atoms. The Labute approximate surface area is 112 Å². The van der Waals surface area contributed by atoms with Crippen molar-refractivity contribution in [3.63, 3.8) is 0 Å². The predicted molar refractivity (Wildman–Crippen MR) is 70.9 cm³/mol. The average molecular weight is 265 g/mol. The van der Waals surface area contributed by atoms with E-state index in [1.54, 1.807) is 13.1 Å². The van der Waals surface area contributed by atoms with E-state index < -0.39 is 5.91 Å². The maximum absolute atomic E-state index is 11.1. The van der Waals surface area contributed by atoms with Crippen molar-refractivity contribution in [1.29, 1.82) is 0 Å². The Morgan fingerprint density at radius 2 is 2.11 bits per heavy atom. The molecule has 0 unspecified atom stereocenters. The maximum Gasteiger partial charge on any atom is 0.268 e. The van der Waals surface area contributed by atoms with E-state index in [2.05, 4.69) is 19.8 Å². The van der Waals surface area contributed by atoms with Gasteiger partial charge in [0.1, 0.15) is 11.5 Å². The maximum atomic E-state index is 11.1. The lowest BCUT2D eigenvalue weighted by Crippen LogP contribution is -2.48. The topological polar surface area (TPSA) is 95.6 Å². The summed E-state index contributed by atoms with van der Waals surface area (Å²) in [6, 6.07) is 0. The highest BCUT2D eigenvalue weighted by atomic mass is 16.3. The van der Waals surface area contributed by atoms with Crippen LogP contribution in [0.15, 0.2) is 12.4 Å². The van der Waals surface area contributed by atoms with Gasteiger partial charge in [-0.1, -0.05) is 0 Å². The number of hydrogen-bond donors (Lipinski definition) is 2. The number of hydrogen-bond acceptors (Lipinski definition) is 6. The van der Waals surface area contributed by atoms with Crippen molar-refractivity contribution in [3.05, 3.63) is 18.1 Å². The molecule has 7 heteroatoms. The number of aliphatic hydroxyl groups excluding tert-OH is 1.